The Labute approximate surface area is 99.4 Å². The zero-order chi connectivity index (χ0) is 11.8. The van der Waals surface area contributed by atoms with Crippen molar-refractivity contribution < 1.29 is 4.74 Å². The number of allylic oxidation sites excluding steroid dienone is 1. The zero-order valence-electron chi connectivity index (χ0n) is 10.5. The minimum Gasteiger partial charge on any atom is -0.379 e. The maximum Gasteiger partial charge on any atom is 0.0765 e. The summed E-state index contributed by atoms with van der Waals surface area (Å²) in [6.07, 6.45) is 10.8. The minimum atomic E-state index is 0.310. The smallest absolute Gasteiger partial charge is 0.0765 e. The Balaban J connectivity index is 2.16. The van der Waals surface area contributed by atoms with Gasteiger partial charge in [0.2, 0.25) is 0 Å². The van der Waals surface area contributed by atoms with E-state index < -0.39 is 0 Å². The molecule has 0 amide bonds. The third kappa shape index (κ3) is 4.64. The highest BCUT2D eigenvalue weighted by molar-refractivity contribution is 4.89. The van der Waals surface area contributed by atoms with Crippen LogP contribution in [0.4, 0.5) is 0 Å². The molecule has 3 N–H and O–H groups in total. The molecular weight excluding hydrogens is 200 g/mol. The van der Waals surface area contributed by atoms with E-state index in [0.717, 1.165) is 18.8 Å². The first-order valence-corrected chi connectivity index (χ1v) is 6.43. The van der Waals surface area contributed by atoms with E-state index in [1.54, 1.807) is 7.11 Å². The van der Waals surface area contributed by atoms with E-state index in [2.05, 4.69) is 12.0 Å². The van der Waals surface area contributed by atoms with E-state index in [1.165, 1.54) is 32.1 Å². The second-order valence-corrected chi connectivity index (χ2v) is 4.74. The molecule has 0 spiro atoms. The van der Waals surface area contributed by atoms with Gasteiger partial charge in [0, 0.05) is 13.2 Å². The van der Waals surface area contributed by atoms with Gasteiger partial charge in [0.15, 0.2) is 0 Å². The molecule has 0 aromatic rings. The second-order valence-electron chi connectivity index (χ2n) is 4.74. The number of unbranched alkanes of at least 4 members (excludes halogenated alkanes) is 3. The van der Waals surface area contributed by atoms with Crippen LogP contribution in [0.1, 0.15) is 44.9 Å². The molecule has 0 saturated heterocycles. The summed E-state index contributed by atoms with van der Waals surface area (Å²) in [7, 11) is 1.80. The quantitative estimate of drug-likeness (QED) is 0.260. The fourth-order valence-electron chi connectivity index (χ4n) is 2.28. The summed E-state index contributed by atoms with van der Waals surface area (Å²) in [6.45, 7) is 3.73. The van der Waals surface area contributed by atoms with Gasteiger partial charge >= 0.3 is 0 Å². The first kappa shape index (κ1) is 13.7. The highest BCUT2D eigenvalue weighted by atomic mass is 16.5. The molecule has 16 heavy (non-hydrogen) atoms. The van der Waals surface area contributed by atoms with Crippen molar-refractivity contribution in [3.8, 4) is 0 Å². The highest BCUT2D eigenvalue weighted by Gasteiger charge is 2.35. The van der Waals surface area contributed by atoms with Gasteiger partial charge in [-0.2, -0.15) is 0 Å². The van der Waals surface area contributed by atoms with Crippen molar-refractivity contribution in [3.63, 3.8) is 0 Å². The Morgan fingerprint density at radius 1 is 1.44 bits per heavy atom. The average molecular weight is 226 g/mol. The predicted octanol–water partition coefficient (Wildman–Crippen LogP) is 2.38. The molecule has 1 saturated carbocycles. The molecular formula is C13H26N2O. The molecule has 0 aromatic carbocycles. The Morgan fingerprint density at radius 2 is 2.19 bits per heavy atom. The van der Waals surface area contributed by atoms with Gasteiger partial charge in [0.05, 0.1) is 6.10 Å². The maximum atomic E-state index is 5.61. The summed E-state index contributed by atoms with van der Waals surface area (Å²) >= 11 is 0. The molecule has 0 heterocycles. The Hall–Kier alpha value is -0.380. The molecule has 1 aliphatic rings. The average Bonchev–Trinajstić information content (AvgIpc) is 3.11. The normalized spacial score (nSPS) is 19.4. The minimum absolute atomic E-state index is 0.310. The van der Waals surface area contributed by atoms with Crippen LogP contribution in [0.5, 0.6) is 0 Å². The molecule has 1 aliphatic carbocycles. The number of rotatable bonds is 10. The molecule has 0 bridgehead atoms. The molecule has 3 heteroatoms. The lowest BCUT2D eigenvalue weighted by atomic mass is 10.00. The summed E-state index contributed by atoms with van der Waals surface area (Å²) in [5.74, 6) is 6.34. The van der Waals surface area contributed by atoms with Gasteiger partial charge in [-0.25, -0.2) is 0 Å². The Bertz CT molecular complexity index is 192. The summed E-state index contributed by atoms with van der Waals surface area (Å²) in [5, 5.41) is 0. The van der Waals surface area contributed by atoms with Gasteiger partial charge in [0.25, 0.3) is 0 Å². The number of methoxy groups -OCH3 is 1. The third-order valence-corrected chi connectivity index (χ3v) is 3.39. The first-order valence-electron chi connectivity index (χ1n) is 6.43. The van der Waals surface area contributed by atoms with Gasteiger partial charge in [0.1, 0.15) is 0 Å². The van der Waals surface area contributed by atoms with Gasteiger partial charge in [-0.3, -0.25) is 11.3 Å². The van der Waals surface area contributed by atoms with E-state index in [0.29, 0.717) is 12.1 Å². The van der Waals surface area contributed by atoms with Crippen LogP contribution in [0.3, 0.4) is 0 Å². The zero-order valence-corrected chi connectivity index (χ0v) is 10.5. The van der Waals surface area contributed by atoms with Crippen molar-refractivity contribution in [2.45, 2.75) is 57.1 Å². The Morgan fingerprint density at radius 3 is 2.69 bits per heavy atom. The topological polar surface area (TPSA) is 47.3 Å². The van der Waals surface area contributed by atoms with E-state index in [-0.39, 0.29) is 0 Å². The fourth-order valence-corrected chi connectivity index (χ4v) is 2.28. The number of hydrazine groups is 1. The summed E-state index contributed by atoms with van der Waals surface area (Å²) < 4.78 is 5.55. The van der Waals surface area contributed by atoms with Crippen LogP contribution in [0.2, 0.25) is 0 Å². The number of ether oxygens (including phenoxy) is 1. The van der Waals surface area contributed by atoms with Crippen molar-refractivity contribution in [2.24, 2.45) is 11.8 Å². The van der Waals surface area contributed by atoms with Crippen molar-refractivity contribution in [3.05, 3.63) is 12.7 Å². The summed E-state index contributed by atoms with van der Waals surface area (Å²) in [4.78, 5) is 0. The van der Waals surface area contributed by atoms with Crippen molar-refractivity contribution >= 4 is 0 Å². The van der Waals surface area contributed by atoms with Gasteiger partial charge in [-0.15, -0.1) is 6.58 Å². The van der Waals surface area contributed by atoms with Gasteiger partial charge < -0.3 is 4.74 Å². The lowest BCUT2D eigenvalue weighted by Crippen LogP contribution is -2.45. The van der Waals surface area contributed by atoms with Gasteiger partial charge in [-0.05, 0) is 38.0 Å². The Kier molecular flexibility index (Phi) is 6.69. The molecule has 2 atom stereocenters. The SMILES string of the molecule is C=CCCCCCC(NN)C(OC)C1CC1. The van der Waals surface area contributed by atoms with Crippen LogP contribution in [-0.4, -0.2) is 19.3 Å². The number of hydrogen-bond acceptors (Lipinski definition) is 3. The van der Waals surface area contributed by atoms with Crippen LogP contribution in [0.15, 0.2) is 12.7 Å². The van der Waals surface area contributed by atoms with Crippen LogP contribution >= 0.6 is 0 Å². The van der Waals surface area contributed by atoms with Gasteiger partial charge in [-0.1, -0.05) is 18.9 Å². The standard InChI is InChI=1S/C13H26N2O/c1-3-4-5-6-7-8-12(15-14)13(16-2)11-9-10-11/h3,11-13,15H,1,4-10,14H2,2H3. The van der Waals surface area contributed by atoms with Crippen molar-refractivity contribution in [1.29, 1.82) is 0 Å². The first-order chi connectivity index (χ1) is 7.83. The van der Waals surface area contributed by atoms with E-state index in [9.17, 15) is 0 Å². The summed E-state index contributed by atoms with van der Waals surface area (Å²) in [6, 6.07) is 0.321. The molecule has 3 nitrogen and oxygen atoms in total. The fraction of sp³-hybridized carbons (Fsp3) is 0.846. The van der Waals surface area contributed by atoms with Crippen molar-refractivity contribution in [1.82, 2.24) is 5.43 Å². The molecule has 0 radical (unpaired) electrons. The molecule has 0 aromatic heterocycles. The predicted molar refractivity (Wildman–Crippen MR) is 67.9 cm³/mol. The second kappa shape index (κ2) is 7.82. The maximum absolute atomic E-state index is 5.61. The van der Waals surface area contributed by atoms with Crippen LogP contribution < -0.4 is 11.3 Å². The molecule has 1 rings (SSSR count). The number of hydrogen-bond donors (Lipinski definition) is 2. The monoisotopic (exact) mass is 226 g/mol. The number of nitrogens with one attached hydrogen (secondary N) is 1. The van der Waals surface area contributed by atoms with Crippen molar-refractivity contribution in [2.75, 3.05) is 7.11 Å². The molecule has 94 valence electrons. The van der Waals surface area contributed by atoms with Crippen LogP contribution in [-0.2, 0) is 4.74 Å². The highest BCUT2D eigenvalue weighted by Crippen LogP contribution is 2.36. The van der Waals surface area contributed by atoms with E-state index >= 15 is 0 Å². The summed E-state index contributed by atoms with van der Waals surface area (Å²) in [5.41, 5.74) is 2.92. The van der Waals surface area contributed by atoms with E-state index in [4.69, 9.17) is 10.6 Å². The lowest BCUT2D eigenvalue weighted by molar-refractivity contribution is 0.0475. The lowest BCUT2D eigenvalue weighted by Gasteiger charge is -2.25. The molecule has 1 fully saturated rings. The number of nitrogens with two attached hydrogens (primary N) is 1. The largest absolute Gasteiger partial charge is 0.379 e. The molecule has 2 unspecified atom stereocenters. The van der Waals surface area contributed by atoms with E-state index in [1.807, 2.05) is 6.08 Å². The third-order valence-electron chi connectivity index (χ3n) is 3.39. The molecule has 0 aliphatic heterocycles. The van der Waals surface area contributed by atoms with Crippen LogP contribution in [0.25, 0.3) is 0 Å². The van der Waals surface area contributed by atoms with Crippen LogP contribution in [0, 0.1) is 5.92 Å².